The number of hydrogen-bond donors (Lipinski definition) is 1. The second-order valence-corrected chi connectivity index (χ2v) is 9.43. The van der Waals surface area contributed by atoms with Crippen molar-refractivity contribution in [3.05, 3.63) is 52.8 Å². The van der Waals surface area contributed by atoms with Crippen LogP contribution in [0.2, 0.25) is 10.0 Å². The maximum atomic E-state index is 12.6. The van der Waals surface area contributed by atoms with E-state index in [1.165, 1.54) is 28.8 Å². The molecule has 0 atom stereocenters. The minimum atomic E-state index is -3.65. The smallest absolute Gasteiger partial charge is 0.309 e. The molecule has 1 aromatic carbocycles. The predicted molar refractivity (Wildman–Crippen MR) is 112 cm³/mol. The lowest BCUT2D eigenvalue weighted by molar-refractivity contribution is -0.152. The number of aromatic nitrogens is 1. The maximum absolute atomic E-state index is 12.6. The van der Waals surface area contributed by atoms with Crippen molar-refractivity contribution < 1.29 is 22.7 Å². The summed E-state index contributed by atoms with van der Waals surface area (Å²) in [6, 6.07) is 7.65. The number of halogens is 2. The molecule has 2 heterocycles. The fraction of sp³-hybridized carbons (Fsp3) is 0.316. The Labute approximate surface area is 184 Å². The number of anilines is 1. The zero-order chi connectivity index (χ0) is 21.7. The average Bonchev–Trinajstić information content (AvgIpc) is 2.75. The average molecular weight is 472 g/mol. The number of benzene rings is 1. The van der Waals surface area contributed by atoms with Gasteiger partial charge in [-0.15, -0.1) is 0 Å². The molecule has 1 aliphatic heterocycles. The van der Waals surface area contributed by atoms with Crippen molar-refractivity contribution in [2.75, 3.05) is 25.0 Å². The molecule has 0 radical (unpaired) electrons. The molecule has 1 aromatic heterocycles. The van der Waals surface area contributed by atoms with Gasteiger partial charge in [-0.25, -0.2) is 8.42 Å². The number of carbonyl (C=O) groups excluding carboxylic acids is 2. The fourth-order valence-electron chi connectivity index (χ4n) is 3.01. The standard InChI is InChI=1S/C19H19Cl2N3O5S/c20-14-3-4-16(21)17(10-14)23-18(25)12-29-19(26)13-5-8-24(9-6-13)30(27,28)15-2-1-7-22-11-15/h1-4,7,10-11,13H,5-6,8-9,12H2,(H,23,25). The van der Waals surface area contributed by atoms with Gasteiger partial charge in [-0.05, 0) is 43.2 Å². The summed E-state index contributed by atoms with van der Waals surface area (Å²) in [4.78, 5) is 28.2. The van der Waals surface area contributed by atoms with Crippen LogP contribution in [-0.2, 0) is 24.3 Å². The summed E-state index contributed by atoms with van der Waals surface area (Å²) in [5.74, 6) is -1.57. The van der Waals surface area contributed by atoms with E-state index < -0.39 is 34.4 Å². The van der Waals surface area contributed by atoms with Crippen LogP contribution >= 0.6 is 23.2 Å². The number of ether oxygens (including phenoxy) is 1. The number of pyridine rings is 1. The Morgan fingerprint density at radius 3 is 2.60 bits per heavy atom. The van der Waals surface area contributed by atoms with Crippen molar-refractivity contribution >= 4 is 50.8 Å². The molecule has 1 amide bonds. The molecular formula is C19H19Cl2N3O5S. The third-order valence-corrected chi connectivity index (χ3v) is 7.05. The molecule has 8 nitrogen and oxygen atoms in total. The van der Waals surface area contributed by atoms with Gasteiger partial charge in [0, 0.05) is 30.5 Å². The molecular weight excluding hydrogens is 453 g/mol. The summed E-state index contributed by atoms with van der Waals surface area (Å²) in [6.07, 6.45) is 3.40. The summed E-state index contributed by atoms with van der Waals surface area (Å²) in [5, 5.41) is 3.24. The van der Waals surface area contributed by atoms with Gasteiger partial charge in [-0.2, -0.15) is 4.31 Å². The van der Waals surface area contributed by atoms with E-state index >= 15 is 0 Å². The summed E-state index contributed by atoms with van der Waals surface area (Å²) in [7, 11) is -3.65. The molecule has 0 unspecified atom stereocenters. The number of hydrogen-bond acceptors (Lipinski definition) is 6. The van der Waals surface area contributed by atoms with Crippen molar-refractivity contribution in [2.24, 2.45) is 5.92 Å². The van der Waals surface area contributed by atoms with Crippen LogP contribution in [0.5, 0.6) is 0 Å². The summed E-state index contributed by atoms with van der Waals surface area (Å²) < 4.78 is 31.6. The number of nitrogens with one attached hydrogen (secondary N) is 1. The predicted octanol–water partition coefficient (Wildman–Crippen LogP) is 2.97. The van der Waals surface area contributed by atoms with E-state index in [2.05, 4.69) is 10.3 Å². The lowest BCUT2D eigenvalue weighted by Gasteiger charge is -2.29. The van der Waals surface area contributed by atoms with Crippen molar-refractivity contribution in [3.8, 4) is 0 Å². The highest BCUT2D eigenvalue weighted by Gasteiger charge is 2.33. The van der Waals surface area contributed by atoms with E-state index in [0.29, 0.717) is 28.6 Å². The lowest BCUT2D eigenvalue weighted by atomic mass is 9.98. The molecule has 2 aromatic rings. The van der Waals surface area contributed by atoms with Gasteiger partial charge in [0.15, 0.2) is 6.61 Å². The maximum Gasteiger partial charge on any atom is 0.309 e. The van der Waals surface area contributed by atoms with Gasteiger partial charge in [0.2, 0.25) is 10.0 Å². The molecule has 1 aliphatic rings. The van der Waals surface area contributed by atoms with E-state index in [-0.39, 0.29) is 18.0 Å². The first-order valence-electron chi connectivity index (χ1n) is 9.09. The van der Waals surface area contributed by atoms with Crippen LogP contribution in [0.15, 0.2) is 47.6 Å². The van der Waals surface area contributed by atoms with Crippen molar-refractivity contribution in [2.45, 2.75) is 17.7 Å². The molecule has 30 heavy (non-hydrogen) atoms. The van der Waals surface area contributed by atoms with Gasteiger partial charge in [0.25, 0.3) is 5.91 Å². The molecule has 11 heteroatoms. The minimum Gasteiger partial charge on any atom is -0.455 e. The van der Waals surface area contributed by atoms with Gasteiger partial charge in [0.1, 0.15) is 4.90 Å². The third kappa shape index (κ3) is 5.48. The largest absolute Gasteiger partial charge is 0.455 e. The van der Waals surface area contributed by atoms with Gasteiger partial charge >= 0.3 is 5.97 Å². The quantitative estimate of drug-likeness (QED) is 0.649. The number of rotatable bonds is 6. The van der Waals surface area contributed by atoms with Crippen LogP contribution in [-0.4, -0.2) is 49.3 Å². The van der Waals surface area contributed by atoms with Gasteiger partial charge < -0.3 is 10.1 Å². The highest BCUT2D eigenvalue weighted by Crippen LogP contribution is 2.26. The van der Waals surface area contributed by atoms with Gasteiger partial charge in [-0.1, -0.05) is 23.2 Å². The van der Waals surface area contributed by atoms with Crippen LogP contribution in [0, 0.1) is 5.92 Å². The highest BCUT2D eigenvalue weighted by atomic mass is 35.5. The van der Waals surface area contributed by atoms with Crippen molar-refractivity contribution in [1.82, 2.24) is 9.29 Å². The Bertz CT molecular complexity index is 1030. The lowest BCUT2D eigenvalue weighted by Crippen LogP contribution is -2.41. The number of amides is 1. The topological polar surface area (TPSA) is 106 Å². The van der Waals surface area contributed by atoms with E-state index in [0.717, 1.165) is 0 Å². The summed E-state index contributed by atoms with van der Waals surface area (Å²) >= 11 is 11.8. The van der Waals surface area contributed by atoms with Crippen molar-refractivity contribution in [3.63, 3.8) is 0 Å². The molecule has 0 saturated carbocycles. The third-order valence-electron chi connectivity index (χ3n) is 4.61. The number of piperidine rings is 1. The monoisotopic (exact) mass is 471 g/mol. The molecule has 160 valence electrons. The van der Waals surface area contributed by atoms with Crippen LogP contribution in [0.25, 0.3) is 0 Å². The van der Waals surface area contributed by atoms with Gasteiger partial charge in [0.05, 0.1) is 16.6 Å². The van der Waals surface area contributed by atoms with Crippen LogP contribution in [0.3, 0.4) is 0 Å². The molecule has 1 fully saturated rings. The first-order valence-corrected chi connectivity index (χ1v) is 11.3. The van der Waals surface area contributed by atoms with Crippen LogP contribution in [0.1, 0.15) is 12.8 Å². The Morgan fingerprint density at radius 2 is 1.93 bits per heavy atom. The van der Waals surface area contributed by atoms with E-state index in [1.807, 2.05) is 0 Å². The first-order chi connectivity index (χ1) is 14.3. The zero-order valence-electron chi connectivity index (χ0n) is 15.8. The first kappa shape index (κ1) is 22.5. The fourth-order valence-corrected chi connectivity index (χ4v) is 4.79. The van der Waals surface area contributed by atoms with Crippen LogP contribution in [0.4, 0.5) is 5.69 Å². The molecule has 1 saturated heterocycles. The molecule has 0 bridgehead atoms. The number of sulfonamides is 1. The number of carbonyl (C=O) groups is 2. The van der Waals surface area contributed by atoms with Crippen molar-refractivity contribution in [1.29, 1.82) is 0 Å². The molecule has 3 rings (SSSR count). The Kier molecular flexibility index (Phi) is 7.30. The Hall–Kier alpha value is -2.20. The van der Waals surface area contributed by atoms with E-state index in [1.54, 1.807) is 18.2 Å². The SMILES string of the molecule is O=C(COC(=O)C1CCN(S(=O)(=O)c2cccnc2)CC1)Nc1cc(Cl)ccc1Cl. The molecule has 0 spiro atoms. The normalized spacial score (nSPS) is 15.5. The summed E-state index contributed by atoms with van der Waals surface area (Å²) in [5.41, 5.74) is 0.319. The van der Waals surface area contributed by atoms with Crippen LogP contribution < -0.4 is 5.32 Å². The molecule has 1 N–H and O–H groups in total. The molecule has 0 aliphatic carbocycles. The number of esters is 1. The Balaban J connectivity index is 1.48. The Morgan fingerprint density at radius 1 is 1.20 bits per heavy atom. The number of nitrogens with zero attached hydrogens (tertiary/aromatic N) is 2. The second kappa shape index (κ2) is 9.74. The van der Waals surface area contributed by atoms with E-state index in [9.17, 15) is 18.0 Å². The van der Waals surface area contributed by atoms with Gasteiger partial charge in [-0.3, -0.25) is 14.6 Å². The zero-order valence-corrected chi connectivity index (χ0v) is 18.1. The summed E-state index contributed by atoms with van der Waals surface area (Å²) in [6.45, 7) is -0.113. The minimum absolute atomic E-state index is 0.113. The second-order valence-electron chi connectivity index (χ2n) is 6.65. The van der Waals surface area contributed by atoms with E-state index in [4.69, 9.17) is 27.9 Å². The highest BCUT2D eigenvalue weighted by molar-refractivity contribution is 7.89.